The SMILES string of the molecule is CCCCOc1ccsc1.CCCCOc1cscc1C. The van der Waals surface area contributed by atoms with Gasteiger partial charge in [-0.1, -0.05) is 26.7 Å². The minimum Gasteiger partial charge on any atom is -0.493 e. The van der Waals surface area contributed by atoms with Crippen LogP contribution < -0.4 is 9.47 Å². The molecule has 0 aliphatic carbocycles. The first-order valence-electron chi connectivity index (χ1n) is 7.58. The average Bonchev–Trinajstić information content (AvgIpc) is 3.13. The van der Waals surface area contributed by atoms with Crippen LogP contribution in [0.1, 0.15) is 45.1 Å². The van der Waals surface area contributed by atoms with E-state index in [0.29, 0.717) is 0 Å². The van der Waals surface area contributed by atoms with Gasteiger partial charge in [-0.05, 0) is 36.6 Å². The summed E-state index contributed by atoms with van der Waals surface area (Å²) in [5.41, 5.74) is 1.26. The highest BCUT2D eigenvalue weighted by atomic mass is 32.1. The number of ether oxygens (including phenoxy) is 2. The fraction of sp³-hybridized carbons (Fsp3) is 0.529. The molecule has 0 atom stereocenters. The highest BCUT2D eigenvalue weighted by Crippen LogP contribution is 2.22. The Morgan fingerprint density at radius 1 is 0.905 bits per heavy atom. The van der Waals surface area contributed by atoms with Crippen molar-refractivity contribution in [3.8, 4) is 11.5 Å². The third-order valence-corrected chi connectivity index (χ3v) is 4.33. The molecule has 0 fully saturated rings. The molecule has 4 heteroatoms. The predicted octanol–water partition coefficient (Wildman–Crippen LogP) is 6.16. The molecule has 2 aromatic heterocycles. The van der Waals surface area contributed by atoms with E-state index in [4.69, 9.17) is 9.47 Å². The molecule has 2 aromatic rings. The molecule has 0 amide bonds. The smallest absolute Gasteiger partial charge is 0.132 e. The van der Waals surface area contributed by atoms with Gasteiger partial charge >= 0.3 is 0 Å². The van der Waals surface area contributed by atoms with Gasteiger partial charge in [-0.3, -0.25) is 0 Å². The summed E-state index contributed by atoms with van der Waals surface area (Å²) >= 11 is 3.37. The largest absolute Gasteiger partial charge is 0.493 e. The quantitative estimate of drug-likeness (QED) is 0.541. The van der Waals surface area contributed by atoms with Crippen LogP contribution in [0.4, 0.5) is 0 Å². The molecule has 0 spiro atoms. The van der Waals surface area contributed by atoms with Crippen LogP contribution in [0.5, 0.6) is 11.5 Å². The van der Waals surface area contributed by atoms with Crippen molar-refractivity contribution >= 4 is 22.7 Å². The van der Waals surface area contributed by atoms with Crippen molar-refractivity contribution < 1.29 is 9.47 Å². The van der Waals surface area contributed by atoms with Crippen LogP contribution in [0.25, 0.3) is 0 Å². The van der Waals surface area contributed by atoms with Crippen molar-refractivity contribution in [3.63, 3.8) is 0 Å². The van der Waals surface area contributed by atoms with Gasteiger partial charge in [0.05, 0.1) is 13.2 Å². The molecule has 2 heterocycles. The Balaban J connectivity index is 0.000000211. The Hall–Kier alpha value is -1.00. The minimum atomic E-state index is 0.854. The lowest BCUT2D eigenvalue weighted by Gasteiger charge is -2.02. The van der Waals surface area contributed by atoms with Crippen molar-refractivity contribution in [3.05, 3.63) is 33.2 Å². The van der Waals surface area contributed by atoms with Gasteiger partial charge < -0.3 is 9.47 Å². The monoisotopic (exact) mass is 326 g/mol. The van der Waals surface area contributed by atoms with E-state index in [2.05, 4.69) is 31.5 Å². The maximum atomic E-state index is 5.53. The van der Waals surface area contributed by atoms with E-state index in [1.807, 2.05) is 16.8 Å². The van der Waals surface area contributed by atoms with Crippen molar-refractivity contribution in [2.24, 2.45) is 0 Å². The molecule has 0 aliphatic rings. The molecular formula is C17H26O2S2. The van der Waals surface area contributed by atoms with Crippen LogP contribution in [0.15, 0.2) is 27.6 Å². The number of unbranched alkanes of at least 4 members (excludes halogenated alkanes) is 2. The van der Waals surface area contributed by atoms with E-state index in [9.17, 15) is 0 Å². The Kier molecular flexibility index (Phi) is 10.0. The van der Waals surface area contributed by atoms with E-state index in [1.165, 1.54) is 18.4 Å². The van der Waals surface area contributed by atoms with Crippen LogP contribution in [0.3, 0.4) is 0 Å². The summed E-state index contributed by atoms with van der Waals surface area (Å²) in [4.78, 5) is 0. The molecule has 2 nitrogen and oxygen atoms in total. The topological polar surface area (TPSA) is 18.5 Å². The fourth-order valence-electron chi connectivity index (χ4n) is 1.49. The Bertz CT molecular complexity index is 449. The van der Waals surface area contributed by atoms with Crippen LogP contribution >= 0.6 is 22.7 Å². The van der Waals surface area contributed by atoms with E-state index in [-0.39, 0.29) is 0 Å². The third-order valence-electron chi connectivity index (χ3n) is 2.83. The summed E-state index contributed by atoms with van der Waals surface area (Å²) in [5, 5.41) is 8.23. The van der Waals surface area contributed by atoms with E-state index >= 15 is 0 Å². The highest BCUT2D eigenvalue weighted by Gasteiger charge is 1.97. The van der Waals surface area contributed by atoms with Gasteiger partial charge in [0.2, 0.25) is 0 Å². The number of hydrogen-bond acceptors (Lipinski definition) is 4. The van der Waals surface area contributed by atoms with Crippen molar-refractivity contribution in [2.75, 3.05) is 13.2 Å². The number of thiophene rings is 2. The Morgan fingerprint density at radius 2 is 1.62 bits per heavy atom. The minimum absolute atomic E-state index is 0.854. The van der Waals surface area contributed by atoms with Gasteiger partial charge in [0.25, 0.3) is 0 Å². The number of rotatable bonds is 8. The van der Waals surface area contributed by atoms with Crippen LogP contribution in [0, 0.1) is 6.92 Å². The molecule has 0 radical (unpaired) electrons. The first kappa shape index (κ1) is 18.1. The van der Waals surface area contributed by atoms with Crippen molar-refractivity contribution in [1.29, 1.82) is 0 Å². The summed E-state index contributed by atoms with van der Waals surface area (Å²) < 4.78 is 10.9. The summed E-state index contributed by atoms with van der Waals surface area (Å²) in [6.45, 7) is 8.12. The zero-order valence-electron chi connectivity index (χ0n) is 13.3. The first-order valence-corrected chi connectivity index (χ1v) is 9.47. The summed E-state index contributed by atoms with van der Waals surface area (Å²) in [6.07, 6.45) is 4.69. The Morgan fingerprint density at radius 3 is 2.14 bits per heavy atom. The van der Waals surface area contributed by atoms with Crippen molar-refractivity contribution in [2.45, 2.75) is 46.5 Å². The van der Waals surface area contributed by atoms with E-state index in [1.54, 1.807) is 22.7 Å². The lowest BCUT2D eigenvalue weighted by Crippen LogP contribution is -1.95. The zero-order chi connectivity index (χ0) is 15.3. The second-order valence-corrected chi connectivity index (χ2v) is 6.31. The van der Waals surface area contributed by atoms with Crippen LogP contribution in [0.2, 0.25) is 0 Å². The summed E-state index contributed by atoms with van der Waals surface area (Å²) in [7, 11) is 0. The van der Waals surface area contributed by atoms with Gasteiger partial charge in [-0.25, -0.2) is 0 Å². The maximum absolute atomic E-state index is 5.53. The fourth-order valence-corrected chi connectivity index (χ4v) is 2.83. The molecule has 0 N–H and O–H groups in total. The van der Waals surface area contributed by atoms with Gasteiger partial charge in [-0.2, -0.15) is 0 Å². The second kappa shape index (κ2) is 11.6. The van der Waals surface area contributed by atoms with E-state index in [0.717, 1.165) is 37.6 Å². The van der Waals surface area contributed by atoms with Crippen LogP contribution in [-0.2, 0) is 0 Å². The highest BCUT2D eigenvalue weighted by molar-refractivity contribution is 7.08. The van der Waals surface area contributed by atoms with Crippen LogP contribution in [-0.4, -0.2) is 13.2 Å². The molecular weight excluding hydrogens is 300 g/mol. The third kappa shape index (κ3) is 8.12. The molecule has 0 aliphatic heterocycles. The van der Waals surface area contributed by atoms with Gasteiger partial charge in [0.15, 0.2) is 0 Å². The predicted molar refractivity (Wildman–Crippen MR) is 94.2 cm³/mol. The van der Waals surface area contributed by atoms with E-state index < -0.39 is 0 Å². The molecule has 0 bridgehead atoms. The number of aryl methyl sites for hydroxylation is 1. The molecule has 0 unspecified atom stereocenters. The van der Waals surface area contributed by atoms with Gasteiger partial charge in [0, 0.05) is 16.3 Å². The summed E-state index contributed by atoms with van der Waals surface area (Å²) in [6, 6.07) is 2.00. The second-order valence-electron chi connectivity index (χ2n) is 4.78. The molecule has 118 valence electrons. The lowest BCUT2D eigenvalue weighted by atomic mass is 10.3. The van der Waals surface area contributed by atoms with Gasteiger partial charge in [-0.15, -0.1) is 22.7 Å². The molecule has 0 saturated heterocycles. The van der Waals surface area contributed by atoms with Gasteiger partial charge in [0.1, 0.15) is 11.5 Å². The normalized spacial score (nSPS) is 9.86. The molecule has 0 saturated carbocycles. The standard InChI is InChI=1S/C9H14OS.C8H12OS/c1-3-4-5-10-9-7-11-6-8(9)2;1-2-3-5-9-8-4-6-10-7-8/h6-7H,3-5H2,1-2H3;4,6-7H,2-3,5H2,1H3. The maximum Gasteiger partial charge on any atom is 0.132 e. The summed E-state index contributed by atoms with van der Waals surface area (Å²) in [5.74, 6) is 2.07. The lowest BCUT2D eigenvalue weighted by molar-refractivity contribution is 0.309. The zero-order valence-corrected chi connectivity index (χ0v) is 14.9. The molecule has 0 aromatic carbocycles. The average molecular weight is 327 g/mol. The first-order chi connectivity index (χ1) is 10.3. The number of hydrogen-bond donors (Lipinski definition) is 0. The Labute approximate surface area is 136 Å². The molecule has 21 heavy (non-hydrogen) atoms. The molecule has 2 rings (SSSR count). The van der Waals surface area contributed by atoms with Crippen molar-refractivity contribution in [1.82, 2.24) is 0 Å².